The fourth-order valence-corrected chi connectivity index (χ4v) is 3.25. The van der Waals surface area contributed by atoms with Crippen molar-refractivity contribution in [3.63, 3.8) is 0 Å². The lowest BCUT2D eigenvalue weighted by molar-refractivity contribution is -0.384. The Balaban J connectivity index is 2.10. The van der Waals surface area contributed by atoms with Crippen LogP contribution < -0.4 is 11.1 Å². The summed E-state index contributed by atoms with van der Waals surface area (Å²) in [5.74, 6) is 0.0844. The molecule has 0 aromatic heterocycles. The number of amides is 1. The highest BCUT2D eigenvalue weighted by Crippen LogP contribution is 2.32. The molecule has 114 valence electrons. The smallest absolute Gasteiger partial charge is 0.270 e. The van der Waals surface area contributed by atoms with E-state index in [0.29, 0.717) is 16.7 Å². The van der Waals surface area contributed by atoms with E-state index in [0.717, 1.165) is 25.7 Å². The number of hydrogen-bond donors (Lipinski definition) is 2. The molecule has 0 spiro atoms. The molecular formula is C14H18BrN3O3. The first kappa shape index (κ1) is 15.9. The molecule has 0 aliphatic heterocycles. The van der Waals surface area contributed by atoms with Gasteiger partial charge in [0, 0.05) is 22.5 Å². The van der Waals surface area contributed by atoms with Gasteiger partial charge in [-0.05, 0) is 47.3 Å². The predicted molar refractivity (Wildman–Crippen MR) is 83.9 cm³/mol. The lowest BCUT2D eigenvalue weighted by atomic mass is 9.78. The number of nitrogens with one attached hydrogen (secondary N) is 1. The van der Waals surface area contributed by atoms with Gasteiger partial charge < -0.3 is 11.1 Å². The Bertz CT molecular complexity index is 550. The third kappa shape index (κ3) is 3.79. The highest BCUT2D eigenvalue weighted by molar-refractivity contribution is 9.10. The van der Waals surface area contributed by atoms with Crippen molar-refractivity contribution >= 4 is 33.2 Å². The van der Waals surface area contributed by atoms with Gasteiger partial charge in [0.1, 0.15) is 0 Å². The van der Waals surface area contributed by atoms with Crippen molar-refractivity contribution in [2.24, 2.45) is 17.6 Å². The standard InChI is InChI=1S/C14H18BrN3O3/c15-12-7-10(18(20)21)5-6-13(12)17-14(19)11-4-2-1-3-9(11)8-16/h5-7,9,11H,1-4,8,16H2,(H,17,19). The number of nitrogens with zero attached hydrogens (tertiary/aromatic N) is 1. The maximum atomic E-state index is 12.4. The van der Waals surface area contributed by atoms with Crippen LogP contribution in [0.3, 0.4) is 0 Å². The van der Waals surface area contributed by atoms with Crippen LogP contribution in [0.5, 0.6) is 0 Å². The van der Waals surface area contributed by atoms with Gasteiger partial charge in [-0.1, -0.05) is 12.8 Å². The predicted octanol–water partition coefficient (Wildman–Crippen LogP) is 3.06. The molecule has 2 rings (SSSR count). The number of carbonyl (C=O) groups is 1. The SMILES string of the molecule is NCC1CCCCC1C(=O)Nc1ccc([N+](=O)[O-])cc1Br. The van der Waals surface area contributed by atoms with E-state index in [4.69, 9.17) is 5.73 Å². The van der Waals surface area contributed by atoms with Crippen LogP contribution in [-0.2, 0) is 4.79 Å². The summed E-state index contributed by atoms with van der Waals surface area (Å²) in [6.07, 6.45) is 3.98. The van der Waals surface area contributed by atoms with Gasteiger partial charge in [0.05, 0.1) is 10.6 Å². The van der Waals surface area contributed by atoms with Crippen molar-refractivity contribution in [3.05, 3.63) is 32.8 Å². The minimum atomic E-state index is -0.470. The monoisotopic (exact) mass is 355 g/mol. The minimum Gasteiger partial charge on any atom is -0.330 e. The first-order valence-electron chi connectivity index (χ1n) is 6.97. The number of non-ortho nitro benzene ring substituents is 1. The number of halogens is 1. The number of nitrogens with two attached hydrogens (primary N) is 1. The molecule has 6 nitrogen and oxygen atoms in total. The first-order chi connectivity index (χ1) is 10.0. The third-order valence-corrected chi connectivity index (χ3v) is 4.63. The summed E-state index contributed by atoms with van der Waals surface area (Å²) in [6.45, 7) is 0.513. The van der Waals surface area contributed by atoms with E-state index >= 15 is 0 Å². The second-order valence-corrected chi connectivity index (χ2v) is 6.15. The number of carbonyl (C=O) groups excluding carboxylic acids is 1. The van der Waals surface area contributed by atoms with Gasteiger partial charge in [-0.3, -0.25) is 14.9 Å². The Hall–Kier alpha value is -1.47. The Kier molecular flexibility index (Phi) is 5.30. The quantitative estimate of drug-likeness (QED) is 0.640. The average molecular weight is 356 g/mol. The molecule has 1 aromatic carbocycles. The third-order valence-electron chi connectivity index (χ3n) is 3.97. The lowest BCUT2D eigenvalue weighted by Gasteiger charge is -2.29. The number of nitro benzene ring substituents is 1. The van der Waals surface area contributed by atoms with Crippen LogP contribution in [0.1, 0.15) is 25.7 Å². The van der Waals surface area contributed by atoms with Crippen LogP contribution in [0.15, 0.2) is 22.7 Å². The van der Waals surface area contributed by atoms with E-state index in [1.807, 2.05) is 0 Å². The average Bonchev–Trinajstić information content (AvgIpc) is 2.48. The molecule has 0 bridgehead atoms. The summed E-state index contributed by atoms with van der Waals surface area (Å²) in [5.41, 5.74) is 6.28. The van der Waals surface area contributed by atoms with E-state index in [-0.39, 0.29) is 23.4 Å². The van der Waals surface area contributed by atoms with Crippen molar-refractivity contribution in [3.8, 4) is 0 Å². The van der Waals surface area contributed by atoms with Crippen LogP contribution in [0.2, 0.25) is 0 Å². The second kappa shape index (κ2) is 7.00. The number of rotatable bonds is 4. The molecule has 3 N–H and O–H groups in total. The Morgan fingerprint density at radius 2 is 2.14 bits per heavy atom. The molecule has 21 heavy (non-hydrogen) atoms. The maximum Gasteiger partial charge on any atom is 0.270 e. The molecule has 1 aliphatic rings. The van der Waals surface area contributed by atoms with Gasteiger partial charge in [-0.25, -0.2) is 0 Å². The molecular weight excluding hydrogens is 338 g/mol. The highest BCUT2D eigenvalue weighted by Gasteiger charge is 2.30. The summed E-state index contributed by atoms with van der Waals surface area (Å²) in [5, 5.41) is 13.5. The fraction of sp³-hybridized carbons (Fsp3) is 0.500. The molecule has 1 fully saturated rings. The summed E-state index contributed by atoms with van der Waals surface area (Å²) in [6, 6.07) is 4.30. The second-order valence-electron chi connectivity index (χ2n) is 5.30. The van der Waals surface area contributed by atoms with Crippen LogP contribution in [0, 0.1) is 22.0 Å². The van der Waals surface area contributed by atoms with Gasteiger partial charge in [0.2, 0.25) is 5.91 Å². The molecule has 7 heteroatoms. The lowest BCUT2D eigenvalue weighted by Crippen LogP contribution is -2.35. The van der Waals surface area contributed by atoms with Crippen LogP contribution >= 0.6 is 15.9 Å². The van der Waals surface area contributed by atoms with Gasteiger partial charge >= 0.3 is 0 Å². The summed E-state index contributed by atoms with van der Waals surface area (Å²) >= 11 is 3.26. The van der Waals surface area contributed by atoms with Crippen LogP contribution in [0.25, 0.3) is 0 Å². The Labute approximate surface area is 131 Å². The molecule has 1 aromatic rings. The molecule has 1 saturated carbocycles. The summed E-state index contributed by atoms with van der Waals surface area (Å²) < 4.78 is 0.505. The first-order valence-corrected chi connectivity index (χ1v) is 7.77. The van der Waals surface area contributed by atoms with Crippen molar-refractivity contribution in [1.29, 1.82) is 0 Å². The molecule has 1 amide bonds. The molecule has 2 unspecified atom stereocenters. The molecule has 0 radical (unpaired) electrons. The van der Waals surface area contributed by atoms with Crippen molar-refractivity contribution in [2.45, 2.75) is 25.7 Å². The summed E-state index contributed by atoms with van der Waals surface area (Å²) in [7, 11) is 0. The normalized spacial score (nSPS) is 21.8. The van der Waals surface area contributed by atoms with Crippen molar-refractivity contribution in [1.82, 2.24) is 0 Å². The molecule has 1 aliphatic carbocycles. The zero-order valence-electron chi connectivity index (χ0n) is 11.5. The molecule has 2 atom stereocenters. The van der Waals surface area contributed by atoms with Gasteiger partial charge in [-0.2, -0.15) is 0 Å². The number of anilines is 1. The number of benzene rings is 1. The van der Waals surface area contributed by atoms with Crippen LogP contribution in [-0.4, -0.2) is 17.4 Å². The maximum absolute atomic E-state index is 12.4. The number of nitro groups is 1. The van der Waals surface area contributed by atoms with E-state index in [1.165, 1.54) is 12.1 Å². The van der Waals surface area contributed by atoms with E-state index < -0.39 is 4.92 Å². The van der Waals surface area contributed by atoms with E-state index in [2.05, 4.69) is 21.2 Å². The van der Waals surface area contributed by atoms with Gasteiger partial charge in [0.25, 0.3) is 5.69 Å². The van der Waals surface area contributed by atoms with Crippen molar-refractivity contribution in [2.75, 3.05) is 11.9 Å². The zero-order valence-corrected chi connectivity index (χ0v) is 13.1. The van der Waals surface area contributed by atoms with E-state index in [1.54, 1.807) is 6.07 Å². The van der Waals surface area contributed by atoms with Gasteiger partial charge in [-0.15, -0.1) is 0 Å². The minimum absolute atomic E-state index is 0.0163. The van der Waals surface area contributed by atoms with E-state index in [9.17, 15) is 14.9 Å². The van der Waals surface area contributed by atoms with Gasteiger partial charge in [0.15, 0.2) is 0 Å². The molecule has 0 heterocycles. The fourth-order valence-electron chi connectivity index (χ4n) is 2.78. The largest absolute Gasteiger partial charge is 0.330 e. The van der Waals surface area contributed by atoms with Crippen molar-refractivity contribution < 1.29 is 9.72 Å². The summed E-state index contributed by atoms with van der Waals surface area (Å²) in [4.78, 5) is 22.6. The Morgan fingerprint density at radius 3 is 2.76 bits per heavy atom. The van der Waals surface area contributed by atoms with Crippen LogP contribution in [0.4, 0.5) is 11.4 Å². The highest BCUT2D eigenvalue weighted by atomic mass is 79.9. The molecule has 0 saturated heterocycles. The topological polar surface area (TPSA) is 98.3 Å². The Morgan fingerprint density at radius 1 is 1.43 bits per heavy atom. The zero-order chi connectivity index (χ0) is 15.4. The number of hydrogen-bond acceptors (Lipinski definition) is 4.